The number of guanidine groups is 1. The molecule has 2 bridgehead atoms. The minimum absolute atomic E-state index is 0.0754. The smallest absolute Gasteiger partial charge is 0.261 e. The summed E-state index contributed by atoms with van der Waals surface area (Å²) < 4.78 is 14.9. The van der Waals surface area contributed by atoms with Crippen LogP contribution in [0, 0.1) is 29.0 Å². The molecular formula is C33H43FN6O. The van der Waals surface area contributed by atoms with Crippen molar-refractivity contribution in [2.45, 2.75) is 78.6 Å². The highest BCUT2D eigenvalue weighted by molar-refractivity contribution is 5.86. The Bertz CT molecular complexity index is 1490. The zero-order valence-electron chi connectivity index (χ0n) is 24.9. The van der Waals surface area contributed by atoms with Gasteiger partial charge in [0, 0.05) is 37.8 Å². The predicted molar refractivity (Wildman–Crippen MR) is 163 cm³/mol. The van der Waals surface area contributed by atoms with Gasteiger partial charge in [0.1, 0.15) is 5.82 Å². The van der Waals surface area contributed by atoms with Crippen molar-refractivity contribution in [2.24, 2.45) is 28.2 Å². The van der Waals surface area contributed by atoms with Gasteiger partial charge in [-0.25, -0.2) is 14.4 Å². The third-order valence-electron chi connectivity index (χ3n) is 10.1. The van der Waals surface area contributed by atoms with E-state index in [9.17, 15) is 9.18 Å². The molecule has 0 radical (unpaired) electrons. The van der Waals surface area contributed by atoms with Gasteiger partial charge in [0.05, 0.1) is 22.9 Å². The van der Waals surface area contributed by atoms with Crippen molar-refractivity contribution in [1.82, 2.24) is 25.1 Å². The topological polar surface area (TPSA) is 74.5 Å². The molecule has 1 aliphatic heterocycles. The second kappa shape index (κ2) is 10.9. The van der Waals surface area contributed by atoms with E-state index in [1.54, 1.807) is 23.0 Å². The quantitative estimate of drug-likeness (QED) is 0.336. The van der Waals surface area contributed by atoms with E-state index in [2.05, 4.69) is 55.1 Å². The van der Waals surface area contributed by atoms with Crippen LogP contribution in [0.4, 0.5) is 10.1 Å². The number of aryl methyl sites for hydroxylation is 2. The summed E-state index contributed by atoms with van der Waals surface area (Å²) in [6, 6.07) is 13.2. The lowest BCUT2D eigenvalue weighted by Gasteiger charge is -2.62. The number of rotatable bonds is 5. The van der Waals surface area contributed by atoms with Crippen molar-refractivity contribution in [3.8, 4) is 0 Å². The average Bonchev–Trinajstić information content (AvgIpc) is 2.93. The van der Waals surface area contributed by atoms with Gasteiger partial charge in [0.25, 0.3) is 5.56 Å². The summed E-state index contributed by atoms with van der Waals surface area (Å²) >= 11 is 0. The number of hydrogen-bond donors (Lipinski definition) is 2. The fraction of sp³-hybridized carbons (Fsp3) is 0.545. The summed E-state index contributed by atoms with van der Waals surface area (Å²) in [7, 11) is 0. The lowest BCUT2D eigenvalue weighted by Crippen LogP contribution is -2.64. The fourth-order valence-corrected chi connectivity index (χ4v) is 7.60. The maximum Gasteiger partial charge on any atom is 0.261 e. The van der Waals surface area contributed by atoms with Gasteiger partial charge >= 0.3 is 0 Å². The van der Waals surface area contributed by atoms with Crippen LogP contribution in [0.25, 0.3) is 10.9 Å². The van der Waals surface area contributed by atoms with Crippen molar-refractivity contribution in [3.05, 3.63) is 70.5 Å². The summed E-state index contributed by atoms with van der Waals surface area (Å²) in [5.41, 5.74) is 2.78. The molecule has 0 amide bonds. The van der Waals surface area contributed by atoms with E-state index in [-0.39, 0.29) is 11.4 Å². The third kappa shape index (κ3) is 5.51. The van der Waals surface area contributed by atoms with E-state index in [1.165, 1.54) is 25.0 Å². The molecule has 41 heavy (non-hydrogen) atoms. The Balaban J connectivity index is 1.26. The van der Waals surface area contributed by atoms with Crippen molar-refractivity contribution < 1.29 is 4.39 Å². The predicted octanol–water partition coefficient (Wildman–Crippen LogP) is 5.11. The molecule has 8 heteroatoms. The molecule has 1 saturated heterocycles. The highest BCUT2D eigenvalue weighted by Crippen LogP contribution is 2.61. The van der Waals surface area contributed by atoms with E-state index in [1.807, 2.05) is 18.2 Å². The number of benzene rings is 2. The van der Waals surface area contributed by atoms with Gasteiger partial charge < -0.3 is 15.5 Å². The van der Waals surface area contributed by atoms with E-state index in [0.717, 1.165) is 42.1 Å². The number of piperazine rings is 1. The highest BCUT2D eigenvalue weighted by Gasteiger charge is 2.56. The molecule has 0 spiro atoms. The lowest BCUT2D eigenvalue weighted by atomic mass is 9.45. The van der Waals surface area contributed by atoms with Gasteiger partial charge in [-0.05, 0) is 92.2 Å². The number of aliphatic imine (C=N–C) groups is 1. The SMILES string of the molecule is C[C@H]1[C@@H](NC(=Nc2ccc3c(=O)n(CCc4ccc(F)cc4)cnc3c2)N2C[C@@H](C)N[C@@H](C)C2)C[C@@H]2C[C@@H]1C2(C)C. The van der Waals surface area contributed by atoms with Gasteiger partial charge in [-0.2, -0.15) is 0 Å². The molecule has 2 heterocycles. The number of aromatic nitrogens is 2. The Hall–Kier alpha value is -3.26. The van der Waals surface area contributed by atoms with Crippen molar-refractivity contribution in [3.63, 3.8) is 0 Å². The van der Waals surface area contributed by atoms with E-state index < -0.39 is 0 Å². The number of fused-ring (bicyclic) bond motifs is 3. The molecule has 2 aromatic carbocycles. The Labute approximate surface area is 242 Å². The molecule has 6 atom stereocenters. The van der Waals surface area contributed by atoms with Crippen molar-refractivity contribution in [1.29, 1.82) is 0 Å². The molecule has 3 saturated carbocycles. The van der Waals surface area contributed by atoms with E-state index in [0.29, 0.717) is 53.3 Å². The van der Waals surface area contributed by atoms with Crippen LogP contribution in [0.5, 0.6) is 0 Å². The summed E-state index contributed by atoms with van der Waals surface area (Å²) in [5, 5.41) is 8.12. The minimum Gasteiger partial charge on any atom is -0.353 e. The first kappa shape index (κ1) is 27.9. The number of nitrogens with one attached hydrogen (secondary N) is 2. The largest absolute Gasteiger partial charge is 0.353 e. The average molecular weight is 559 g/mol. The van der Waals surface area contributed by atoms with Crippen LogP contribution in [-0.2, 0) is 13.0 Å². The van der Waals surface area contributed by atoms with Gasteiger partial charge in [-0.15, -0.1) is 0 Å². The lowest BCUT2D eigenvalue weighted by molar-refractivity contribution is -0.112. The minimum atomic E-state index is -0.259. The summed E-state index contributed by atoms with van der Waals surface area (Å²) in [5.74, 6) is 2.76. The standard InChI is InChI=1S/C33H43FN6O/c1-20-17-40(18-21(2)36-20)32(38-29-15-24-14-28(22(29)3)33(24,4)5)37-26-10-11-27-30(16-26)35-19-39(31(27)41)13-12-23-6-8-25(34)9-7-23/h6-11,16,19-22,24,28-29,36H,12-15,17-18H2,1-5H3,(H,37,38)/t20-,21+,22-,24+,28+,29+/m1/s1. The van der Waals surface area contributed by atoms with Crippen LogP contribution in [0.2, 0.25) is 0 Å². The van der Waals surface area contributed by atoms with Crippen LogP contribution in [0.1, 0.15) is 53.0 Å². The molecule has 3 aromatic rings. The molecule has 7 rings (SSSR count). The number of hydrogen-bond acceptors (Lipinski definition) is 4. The molecule has 3 aliphatic carbocycles. The van der Waals surface area contributed by atoms with E-state index in [4.69, 9.17) is 4.99 Å². The normalized spacial score (nSPS) is 29.3. The van der Waals surface area contributed by atoms with Crippen molar-refractivity contribution in [2.75, 3.05) is 13.1 Å². The Kier molecular flexibility index (Phi) is 7.39. The maximum atomic E-state index is 13.2. The summed E-state index contributed by atoms with van der Waals surface area (Å²) in [4.78, 5) is 25.4. The molecule has 218 valence electrons. The van der Waals surface area contributed by atoms with E-state index >= 15 is 0 Å². The molecular weight excluding hydrogens is 515 g/mol. The fourth-order valence-electron chi connectivity index (χ4n) is 7.60. The van der Waals surface area contributed by atoms with Crippen LogP contribution in [0.3, 0.4) is 0 Å². The first-order chi connectivity index (χ1) is 19.6. The summed E-state index contributed by atoms with van der Waals surface area (Å²) in [6.45, 7) is 14.0. The summed E-state index contributed by atoms with van der Waals surface area (Å²) in [6.07, 6.45) is 4.76. The maximum absolute atomic E-state index is 13.2. The highest BCUT2D eigenvalue weighted by atomic mass is 19.1. The van der Waals surface area contributed by atoms with Gasteiger partial charge in [-0.3, -0.25) is 9.36 Å². The number of nitrogens with zero attached hydrogens (tertiary/aromatic N) is 4. The zero-order chi connectivity index (χ0) is 28.9. The molecule has 2 N–H and O–H groups in total. The second-order valence-corrected chi connectivity index (χ2v) is 13.3. The molecule has 0 unspecified atom stereocenters. The van der Waals surface area contributed by atoms with Crippen LogP contribution in [0.15, 0.2) is 58.6 Å². The van der Waals surface area contributed by atoms with Crippen molar-refractivity contribution >= 4 is 22.5 Å². The zero-order valence-corrected chi connectivity index (χ0v) is 24.9. The third-order valence-corrected chi connectivity index (χ3v) is 10.1. The molecule has 1 aromatic heterocycles. The van der Waals surface area contributed by atoms with Crippen LogP contribution >= 0.6 is 0 Å². The van der Waals surface area contributed by atoms with Gasteiger partial charge in [-0.1, -0.05) is 32.9 Å². The second-order valence-electron chi connectivity index (χ2n) is 13.3. The number of halogens is 1. The first-order valence-electron chi connectivity index (χ1n) is 15.2. The molecule has 4 aliphatic rings. The Morgan fingerprint density at radius 3 is 2.51 bits per heavy atom. The van der Waals surface area contributed by atoms with Crippen LogP contribution in [-0.4, -0.2) is 51.6 Å². The van der Waals surface area contributed by atoms with Gasteiger partial charge in [0.2, 0.25) is 0 Å². The Morgan fingerprint density at radius 1 is 1.10 bits per heavy atom. The monoisotopic (exact) mass is 558 g/mol. The van der Waals surface area contributed by atoms with Crippen LogP contribution < -0.4 is 16.2 Å². The molecule has 7 nitrogen and oxygen atoms in total. The Morgan fingerprint density at radius 2 is 1.83 bits per heavy atom. The van der Waals surface area contributed by atoms with Gasteiger partial charge in [0.15, 0.2) is 5.96 Å². The molecule has 4 fully saturated rings. The first-order valence-corrected chi connectivity index (χ1v) is 15.2.